The first-order chi connectivity index (χ1) is 12.2. The van der Waals surface area contributed by atoms with Gasteiger partial charge in [0, 0.05) is 33.8 Å². The first-order valence-electron chi connectivity index (χ1n) is 8.97. The van der Waals surface area contributed by atoms with Crippen LogP contribution in [0, 0.1) is 0 Å². The van der Waals surface area contributed by atoms with Gasteiger partial charge in [0.15, 0.2) is 5.96 Å². The zero-order chi connectivity index (χ0) is 18.3. The molecule has 0 saturated carbocycles. The lowest BCUT2D eigenvalue weighted by Gasteiger charge is -2.22. The average molecular weight is 475 g/mol. The molecule has 0 unspecified atom stereocenters. The molecule has 0 fully saturated rings. The lowest BCUT2D eigenvalue weighted by atomic mass is 10.1. The van der Waals surface area contributed by atoms with Crippen molar-refractivity contribution in [2.75, 3.05) is 40.5 Å². The Morgan fingerprint density at radius 1 is 1.27 bits per heavy atom. The van der Waals surface area contributed by atoms with E-state index in [0.717, 1.165) is 38.5 Å². The summed E-state index contributed by atoms with van der Waals surface area (Å²) in [4.78, 5) is 6.49. The summed E-state index contributed by atoms with van der Waals surface area (Å²) in [6.45, 7) is 10.1. The molecular formula is C20H34IN3O2. The van der Waals surface area contributed by atoms with Crippen LogP contribution in [-0.4, -0.2) is 51.3 Å². The zero-order valence-electron chi connectivity index (χ0n) is 16.4. The number of benzene rings is 1. The van der Waals surface area contributed by atoms with E-state index in [9.17, 15) is 0 Å². The van der Waals surface area contributed by atoms with E-state index in [0.29, 0.717) is 19.8 Å². The number of nitrogens with zero attached hydrogens (tertiary/aromatic N) is 2. The van der Waals surface area contributed by atoms with E-state index < -0.39 is 0 Å². The smallest absolute Gasteiger partial charge is 0.193 e. The summed E-state index contributed by atoms with van der Waals surface area (Å²) < 4.78 is 10.9. The van der Waals surface area contributed by atoms with Crippen molar-refractivity contribution in [3.63, 3.8) is 0 Å². The highest BCUT2D eigenvalue weighted by atomic mass is 127. The number of allylic oxidation sites excluding steroid dienone is 1. The number of halogens is 1. The highest BCUT2D eigenvalue weighted by Crippen LogP contribution is 2.07. The maximum absolute atomic E-state index is 5.63. The molecule has 1 aromatic rings. The van der Waals surface area contributed by atoms with Crippen molar-refractivity contribution in [2.24, 2.45) is 4.99 Å². The molecule has 1 aromatic carbocycles. The number of hydrogen-bond acceptors (Lipinski definition) is 3. The molecule has 6 heteroatoms. The van der Waals surface area contributed by atoms with E-state index in [-0.39, 0.29) is 24.0 Å². The Morgan fingerprint density at radius 2 is 2.00 bits per heavy atom. The lowest BCUT2D eigenvalue weighted by molar-refractivity contribution is 0.0453. The average Bonchev–Trinajstić information content (AvgIpc) is 2.62. The van der Waals surface area contributed by atoms with E-state index in [1.165, 1.54) is 11.1 Å². The highest BCUT2D eigenvalue weighted by molar-refractivity contribution is 14.0. The van der Waals surface area contributed by atoms with Gasteiger partial charge in [-0.1, -0.05) is 30.3 Å². The van der Waals surface area contributed by atoms with Gasteiger partial charge in [0.1, 0.15) is 0 Å². The van der Waals surface area contributed by atoms with Crippen molar-refractivity contribution >= 4 is 29.9 Å². The largest absolute Gasteiger partial charge is 0.379 e. The first-order valence-corrected chi connectivity index (χ1v) is 8.97. The van der Waals surface area contributed by atoms with Crippen LogP contribution in [0.2, 0.25) is 0 Å². The van der Waals surface area contributed by atoms with Gasteiger partial charge in [-0.2, -0.15) is 0 Å². The molecule has 0 heterocycles. The molecule has 0 saturated heterocycles. The van der Waals surface area contributed by atoms with Crippen molar-refractivity contribution in [1.29, 1.82) is 0 Å². The van der Waals surface area contributed by atoms with Gasteiger partial charge >= 0.3 is 0 Å². The number of nitrogens with one attached hydrogen (secondary N) is 1. The lowest BCUT2D eigenvalue weighted by Crippen LogP contribution is -2.38. The summed E-state index contributed by atoms with van der Waals surface area (Å²) in [6.07, 6.45) is 4.05. The third kappa shape index (κ3) is 10.8. The van der Waals surface area contributed by atoms with Crippen molar-refractivity contribution in [3.8, 4) is 0 Å². The van der Waals surface area contributed by atoms with Gasteiger partial charge in [0.05, 0.1) is 19.8 Å². The molecule has 0 spiro atoms. The minimum Gasteiger partial charge on any atom is -0.379 e. The number of ether oxygens (including phenoxy) is 2. The second-order valence-electron chi connectivity index (χ2n) is 5.82. The quantitative estimate of drug-likeness (QED) is 0.164. The summed E-state index contributed by atoms with van der Waals surface area (Å²) in [7, 11) is 3.87. The number of unbranched alkanes of at least 4 members (excludes halogenated alkanes) is 1. The van der Waals surface area contributed by atoms with Crippen molar-refractivity contribution in [2.45, 2.75) is 32.9 Å². The van der Waals surface area contributed by atoms with Gasteiger partial charge in [0.2, 0.25) is 0 Å². The van der Waals surface area contributed by atoms with Crippen LogP contribution in [0.5, 0.6) is 0 Å². The second-order valence-corrected chi connectivity index (χ2v) is 5.82. The van der Waals surface area contributed by atoms with Crippen molar-refractivity contribution in [3.05, 3.63) is 48.0 Å². The van der Waals surface area contributed by atoms with Gasteiger partial charge in [-0.25, -0.2) is 0 Å². The molecule has 0 aliphatic rings. The fourth-order valence-electron chi connectivity index (χ4n) is 2.43. The predicted octanol–water partition coefficient (Wildman–Crippen LogP) is 3.83. The van der Waals surface area contributed by atoms with Crippen molar-refractivity contribution in [1.82, 2.24) is 10.2 Å². The third-order valence-corrected chi connectivity index (χ3v) is 3.76. The molecule has 0 atom stereocenters. The maximum Gasteiger partial charge on any atom is 0.193 e. The number of hydrogen-bond donors (Lipinski definition) is 1. The molecule has 1 rings (SSSR count). The molecule has 5 nitrogen and oxygen atoms in total. The van der Waals surface area contributed by atoms with Crippen LogP contribution in [0.1, 0.15) is 30.9 Å². The first kappa shape index (κ1) is 24.9. The standard InChI is InChI=1S/C20H33N3O2.HI/c1-5-7-8-12-23(4)20(21-3)22-16-18-10-9-11-19(15-18)17-25-14-13-24-6-2;/h5,9-11,15H,1,6-8,12-14,16-17H2,2-4H3,(H,21,22);1H. The third-order valence-electron chi connectivity index (χ3n) is 3.76. The summed E-state index contributed by atoms with van der Waals surface area (Å²) >= 11 is 0. The van der Waals surface area contributed by atoms with Gasteiger partial charge in [0.25, 0.3) is 0 Å². The number of aliphatic imine (C=N–C) groups is 1. The van der Waals surface area contributed by atoms with E-state index >= 15 is 0 Å². The Labute approximate surface area is 175 Å². The number of rotatable bonds is 12. The molecule has 0 aromatic heterocycles. The molecule has 0 radical (unpaired) electrons. The van der Waals surface area contributed by atoms with Gasteiger partial charge in [-0.3, -0.25) is 4.99 Å². The van der Waals surface area contributed by atoms with Crippen LogP contribution in [-0.2, 0) is 22.6 Å². The van der Waals surface area contributed by atoms with E-state index in [2.05, 4.69) is 53.1 Å². The van der Waals surface area contributed by atoms with Gasteiger partial charge in [-0.05, 0) is 30.9 Å². The molecule has 0 aliphatic heterocycles. The van der Waals surface area contributed by atoms with Crippen LogP contribution in [0.4, 0.5) is 0 Å². The van der Waals surface area contributed by atoms with Crippen LogP contribution < -0.4 is 5.32 Å². The van der Waals surface area contributed by atoms with E-state index in [4.69, 9.17) is 9.47 Å². The Hall–Kier alpha value is -1.12. The maximum atomic E-state index is 5.63. The van der Waals surface area contributed by atoms with Crippen molar-refractivity contribution < 1.29 is 9.47 Å². The summed E-state index contributed by atoms with van der Waals surface area (Å²) in [5.41, 5.74) is 2.39. The monoisotopic (exact) mass is 475 g/mol. The minimum absolute atomic E-state index is 0. The van der Waals surface area contributed by atoms with E-state index in [1.807, 2.05) is 20.0 Å². The zero-order valence-corrected chi connectivity index (χ0v) is 18.7. The van der Waals surface area contributed by atoms with Crippen LogP contribution >= 0.6 is 24.0 Å². The predicted molar refractivity (Wildman–Crippen MR) is 120 cm³/mol. The number of guanidine groups is 1. The molecule has 26 heavy (non-hydrogen) atoms. The molecule has 0 amide bonds. The van der Waals surface area contributed by atoms with Crippen LogP contribution in [0.3, 0.4) is 0 Å². The Kier molecular flexibility index (Phi) is 15.4. The normalized spacial score (nSPS) is 11.0. The molecule has 148 valence electrons. The summed E-state index contributed by atoms with van der Waals surface area (Å²) in [5.74, 6) is 0.905. The van der Waals surface area contributed by atoms with E-state index in [1.54, 1.807) is 0 Å². The SMILES string of the molecule is C=CCCCN(C)C(=NC)NCc1cccc(COCCOCC)c1.I. The topological polar surface area (TPSA) is 46.1 Å². The summed E-state index contributed by atoms with van der Waals surface area (Å²) in [5, 5.41) is 3.41. The fraction of sp³-hybridized carbons (Fsp3) is 0.550. The summed E-state index contributed by atoms with van der Waals surface area (Å²) in [6, 6.07) is 8.43. The van der Waals surface area contributed by atoms with Crippen LogP contribution in [0.15, 0.2) is 41.9 Å². The van der Waals surface area contributed by atoms with Gasteiger partial charge < -0.3 is 19.7 Å². The Morgan fingerprint density at radius 3 is 2.69 bits per heavy atom. The Balaban J connectivity index is 0.00000625. The molecular weight excluding hydrogens is 441 g/mol. The van der Waals surface area contributed by atoms with Crippen LogP contribution in [0.25, 0.3) is 0 Å². The fourth-order valence-corrected chi connectivity index (χ4v) is 2.43. The molecule has 0 aliphatic carbocycles. The van der Waals surface area contributed by atoms with Gasteiger partial charge in [-0.15, -0.1) is 30.6 Å². The Bertz CT molecular complexity index is 524. The second kappa shape index (κ2) is 16.1. The molecule has 0 bridgehead atoms. The minimum atomic E-state index is 0. The molecule has 1 N–H and O–H groups in total. The highest BCUT2D eigenvalue weighted by Gasteiger charge is 2.05.